The molecule has 0 fully saturated rings. The number of rotatable bonds is 6. The molecular formula is C21H29NO3S. The number of para-hydroxylation sites is 1. The van der Waals surface area contributed by atoms with E-state index in [4.69, 9.17) is 4.74 Å². The topological polar surface area (TPSA) is 55.4 Å². The van der Waals surface area contributed by atoms with E-state index in [0.29, 0.717) is 0 Å². The van der Waals surface area contributed by atoms with Crippen LogP contribution in [-0.4, -0.2) is 21.1 Å². The minimum atomic E-state index is -3.56. The van der Waals surface area contributed by atoms with Crippen molar-refractivity contribution < 1.29 is 13.2 Å². The largest absolute Gasteiger partial charge is 0.489 e. The van der Waals surface area contributed by atoms with Gasteiger partial charge in [0, 0.05) is 6.54 Å². The highest BCUT2D eigenvalue weighted by molar-refractivity contribution is 7.89. The molecule has 0 aromatic heterocycles. The number of nitrogens with one attached hydrogen (secondary N) is 1. The second-order valence-corrected chi connectivity index (χ2v) is 9.54. The van der Waals surface area contributed by atoms with E-state index in [-0.39, 0.29) is 23.0 Å². The summed E-state index contributed by atoms with van der Waals surface area (Å²) < 4.78 is 33.6. The van der Waals surface area contributed by atoms with Crippen LogP contribution in [0.4, 0.5) is 0 Å². The van der Waals surface area contributed by atoms with Gasteiger partial charge < -0.3 is 4.74 Å². The van der Waals surface area contributed by atoms with Crippen LogP contribution in [0.15, 0.2) is 47.4 Å². The quantitative estimate of drug-likeness (QED) is 0.817. The van der Waals surface area contributed by atoms with Crippen molar-refractivity contribution in [1.29, 1.82) is 0 Å². The van der Waals surface area contributed by atoms with Crippen LogP contribution in [0.25, 0.3) is 0 Å². The molecule has 0 bridgehead atoms. The second kappa shape index (κ2) is 7.80. The third-order valence-corrected chi connectivity index (χ3v) is 5.76. The van der Waals surface area contributed by atoms with Gasteiger partial charge in [0.2, 0.25) is 10.0 Å². The fraction of sp³-hybridized carbons (Fsp3) is 0.429. The zero-order chi connectivity index (χ0) is 19.5. The number of aryl methyl sites for hydroxylation is 2. The fourth-order valence-corrected chi connectivity index (χ4v) is 3.79. The summed E-state index contributed by atoms with van der Waals surface area (Å²) in [4.78, 5) is 0.268. The Morgan fingerprint density at radius 1 is 1.00 bits per heavy atom. The van der Waals surface area contributed by atoms with E-state index < -0.39 is 10.0 Å². The van der Waals surface area contributed by atoms with Crippen molar-refractivity contribution in [3.05, 3.63) is 59.2 Å². The smallest absolute Gasteiger partial charge is 0.240 e. The van der Waals surface area contributed by atoms with Gasteiger partial charge in [-0.3, -0.25) is 0 Å². The molecular weight excluding hydrogens is 346 g/mol. The van der Waals surface area contributed by atoms with Gasteiger partial charge in [-0.2, -0.15) is 0 Å². The van der Waals surface area contributed by atoms with Crippen molar-refractivity contribution in [2.75, 3.05) is 6.54 Å². The van der Waals surface area contributed by atoms with Crippen LogP contribution in [0.3, 0.4) is 0 Å². The summed E-state index contributed by atoms with van der Waals surface area (Å²) in [6, 6.07) is 13.0. The minimum Gasteiger partial charge on any atom is -0.489 e. The van der Waals surface area contributed by atoms with Crippen molar-refractivity contribution >= 4 is 10.0 Å². The van der Waals surface area contributed by atoms with Crippen LogP contribution < -0.4 is 9.46 Å². The highest BCUT2D eigenvalue weighted by Gasteiger charge is 2.19. The van der Waals surface area contributed by atoms with Gasteiger partial charge in [-0.15, -0.1) is 0 Å². The van der Waals surface area contributed by atoms with E-state index >= 15 is 0 Å². The van der Waals surface area contributed by atoms with Crippen LogP contribution in [-0.2, 0) is 15.4 Å². The first-order valence-corrected chi connectivity index (χ1v) is 10.3. The van der Waals surface area contributed by atoms with Gasteiger partial charge in [0.15, 0.2) is 0 Å². The predicted octanol–water partition coefficient (Wildman–Crippen LogP) is 4.35. The minimum absolute atomic E-state index is 0.0104. The lowest BCUT2D eigenvalue weighted by molar-refractivity contribution is 0.222. The van der Waals surface area contributed by atoms with Crippen LogP contribution in [0.2, 0.25) is 0 Å². The molecule has 0 heterocycles. The first-order chi connectivity index (χ1) is 12.0. The van der Waals surface area contributed by atoms with E-state index in [1.165, 1.54) is 0 Å². The number of hydrogen-bond acceptors (Lipinski definition) is 3. The van der Waals surface area contributed by atoms with E-state index in [2.05, 4.69) is 25.5 Å². The summed E-state index contributed by atoms with van der Waals surface area (Å²) in [5, 5.41) is 0. The molecule has 0 aliphatic carbocycles. The lowest BCUT2D eigenvalue weighted by Crippen LogP contribution is -2.33. The Hall–Kier alpha value is -1.85. The Kier molecular flexibility index (Phi) is 6.14. The van der Waals surface area contributed by atoms with Crippen LogP contribution in [0, 0.1) is 13.8 Å². The summed E-state index contributed by atoms with van der Waals surface area (Å²) in [5.74, 6) is 0.814. The van der Waals surface area contributed by atoms with E-state index in [1.807, 2.05) is 51.1 Å². The van der Waals surface area contributed by atoms with Crippen molar-refractivity contribution in [2.45, 2.75) is 58.0 Å². The summed E-state index contributed by atoms with van der Waals surface area (Å²) in [7, 11) is -3.56. The molecule has 1 atom stereocenters. The molecule has 0 amide bonds. The van der Waals surface area contributed by atoms with Crippen LogP contribution >= 0.6 is 0 Å². The third kappa shape index (κ3) is 5.08. The average Bonchev–Trinajstić information content (AvgIpc) is 2.56. The summed E-state index contributed by atoms with van der Waals surface area (Å²) >= 11 is 0. The third-order valence-electron chi connectivity index (χ3n) is 4.32. The van der Waals surface area contributed by atoms with E-state index in [9.17, 15) is 8.42 Å². The molecule has 0 radical (unpaired) electrons. The van der Waals surface area contributed by atoms with Gasteiger partial charge in [-0.05, 0) is 55.0 Å². The standard InChI is InChI=1S/C21H29NO3S/c1-15-8-7-9-16(2)20(15)25-17(3)14-22-26(23,24)19-12-10-18(11-13-19)21(4,5)6/h7-13,17,22H,14H2,1-6H3. The van der Waals surface area contributed by atoms with Crippen molar-refractivity contribution in [1.82, 2.24) is 4.72 Å². The zero-order valence-corrected chi connectivity index (χ0v) is 17.3. The van der Waals surface area contributed by atoms with Crippen molar-refractivity contribution in [3.63, 3.8) is 0 Å². The second-order valence-electron chi connectivity index (χ2n) is 7.78. The molecule has 1 N–H and O–H groups in total. The zero-order valence-electron chi connectivity index (χ0n) is 16.5. The number of ether oxygens (including phenoxy) is 1. The maximum absolute atomic E-state index is 12.5. The average molecular weight is 376 g/mol. The maximum Gasteiger partial charge on any atom is 0.240 e. The first-order valence-electron chi connectivity index (χ1n) is 8.84. The summed E-state index contributed by atoms with van der Waals surface area (Å²) in [6.45, 7) is 12.3. The van der Waals surface area contributed by atoms with Crippen LogP contribution in [0.1, 0.15) is 44.4 Å². The molecule has 2 aromatic carbocycles. The van der Waals surface area contributed by atoms with E-state index in [1.54, 1.807) is 12.1 Å². The Morgan fingerprint density at radius 2 is 1.54 bits per heavy atom. The number of benzene rings is 2. The summed E-state index contributed by atoms with van der Waals surface area (Å²) in [6.07, 6.45) is -0.279. The molecule has 2 rings (SSSR count). The number of sulfonamides is 1. The highest BCUT2D eigenvalue weighted by Crippen LogP contribution is 2.24. The molecule has 2 aromatic rings. The van der Waals surface area contributed by atoms with Gasteiger partial charge in [0.25, 0.3) is 0 Å². The molecule has 0 saturated heterocycles. The van der Waals surface area contributed by atoms with Crippen molar-refractivity contribution in [2.24, 2.45) is 0 Å². The Bertz CT molecular complexity index is 830. The lowest BCUT2D eigenvalue weighted by atomic mass is 9.87. The Balaban J connectivity index is 2.03. The SMILES string of the molecule is Cc1cccc(C)c1OC(C)CNS(=O)(=O)c1ccc(C(C)(C)C)cc1. The monoisotopic (exact) mass is 375 g/mol. The molecule has 0 saturated carbocycles. The Morgan fingerprint density at radius 3 is 2.04 bits per heavy atom. The Labute approximate surface area is 157 Å². The molecule has 0 aliphatic heterocycles. The molecule has 4 nitrogen and oxygen atoms in total. The van der Waals surface area contributed by atoms with E-state index in [0.717, 1.165) is 22.4 Å². The lowest BCUT2D eigenvalue weighted by Gasteiger charge is -2.20. The maximum atomic E-state index is 12.5. The molecule has 142 valence electrons. The first kappa shape index (κ1) is 20.5. The fourth-order valence-electron chi connectivity index (χ4n) is 2.67. The normalized spacial score (nSPS) is 13.5. The van der Waals surface area contributed by atoms with Gasteiger partial charge in [-0.1, -0.05) is 51.1 Å². The van der Waals surface area contributed by atoms with Gasteiger partial charge >= 0.3 is 0 Å². The molecule has 0 aliphatic rings. The van der Waals surface area contributed by atoms with Crippen LogP contribution in [0.5, 0.6) is 5.75 Å². The molecule has 26 heavy (non-hydrogen) atoms. The summed E-state index contributed by atoms with van der Waals surface area (Å²) in [5.41, 5.74) is 3.17. The van der Waals surface area contributed by atoms with Gasteiger partial charge in [0.05, 0.1) is 4.90 Å². The van der Waals surface area contributed by atoms with Gasteiger partial charge in [-0.25, -0.2) is 13.1 Å². The molecule has 1 unspecified atom stereocenters. The van der Waals surface area contributed by atoms with Crippen molar-refractivity contribution in [3.8, 4) is 5.75 Å². The van der Waals surface area contributed by atoms with Gasteiger partial charge in [0.1, 0.15) is 11.9 Å². The predicted molar refractivity (Wildman–Crippen MR) is 106 cm³/mol. The molecule has 0 spiro atoms. The molecule has 5 heteroatoms. The highest BCUT2D eigenvalue weighted by atomic mass is 32.2. The number of hydrogen-bond donors (Lipinski definition) is 1.